The smallest absolute Gasteiger partial charge is 0.272 e. The van der Waals surface area contributed by atoms with Crippen LogP contribution in [0.25, 0.3) is 10.8 Å². The largest absolute Gasteiger partial charge is 0.287 e. The van der Waals surface area contributed by atoms with Gasteiger partial charge in [0, 0.05) is 22.0 Å². The number of aromatic nitrogens is 2. The Morgan fingerprint density at radius 3 is 2.34 bits per heavy atom. The fourth-order valence-corrected chi connectivity index (χ4v) is 4.25. The average molecular weight is 455 g/mol. The summed E-state index contributed by atoms with van der Waals surface area (Å²) in [4.78, 5) is 26.9. The zero-order valence-corrected chi connectivity index (χ0v) is 17.5. The van der Waals surface area contributed by atoms with Crippen molar-refractivity contribution in [2.45, 2.75) is 24.8 Å². The van der Waals surface area contributed by atoms with Crippen LogP contribution in [-0.2, 0) is 16.6 Å². The van der Waals surface area contributed by atoms with Crippen molar-refractivity contribution < 1.29 is 13.2 Å². The van der Waals surface area contributed by atoms with Crippen LogP contribution in [0.2, 0.25) is 10.0 Å². The van der Waals surface area contributed by atoms with Crippen molar-refractivity contribution in [2.24, 2.45) is 0 Å². The second-order valence-corrected chi connectivity index (χ2v) is 8.64. The van der Waals surface area contributed by atoms with Gasteiger partial charge < -0.3 is 0 Å². The number of sulfonamides is 1. The zero-order valence-electron chi connectivity index (χ0n) is 15.1. The number of amides is 1. The number of rotatable bonds is 6. The number of carbonyl (C=O) groups excluding carboxylic acids is 1. The Labute approximate surface area is 176 Å². The van der Waals surface area contributed by atoms with Crippen LogP contribution in [0.15, 0.2) is 52.2 Å². The summed E-state index contributed by atoms with van der Waals surface area (Å²) >= 11 is 11.7. The van der Waals surface area contributed by atoms with Gasteiger partial charge in [0.2, 0.25) is 0 Å². The van der Waals surface area contributed by atoms with E-state index in [1.54, 1.807) is 24.3 Å². The summed E-state index contributed by atoms with van der Waals surface area (Å²) in [5.74, 6) is -0.817. The first-order chi connectivity index (χ1) is 13.7. The van der Waals surface area contributed by atoms with E-state index in [0.29, 0.717) is 23.7 Å². The van der Waals surface area contributed by atoms with E-state index >= 15 is 0 Å². The van der Waals surface area contributed by atoms with Gasteiger partial charge in [-0.1, -0.05) is 48.3 Å². The van der Waals surface area contributed by atoms with Gasteiger partial charge in [0.15, 0.2) is 5.69 Å². The molecule has 11 heteroatoms. The molecule has 0 aliphatic heterocycles. The normalized spacial score (nSPS) is 11.6. The molecule has 0 aliphatic rings. The molecule has 0 atom stereocenters. The summed E-state index contributed by atoms with van der Waals surface area (Å²) < 4.78 is 26.1. The van der Waals surface area contributed by atoms with E-state index in [9.17, 15) is 18.0 Å². The molecule has 2 N–H and O–H groups in total. The topological polar surface area (TPSA) is 110 Å². The van der Waals surface area contributed by atoms with Crippen LogP contribution in [0.1, 0.15) is 23.8 Å². The third-order valence-electron chi connectivity index (χ3n) is 3.96. The van der Waals surface area contributed by atoms with Gasteiger partial charge in [-0.2, -0.15) is 5.10 Å². The van der Waals surface area contributed by atoms with Gasteiger partial charge in [-0.15, -0.1) is 4.83 Å². The Bertz CT molecular complexity index is 1240. The maximum absolute atomic E-state index is 12.7. The number of aryl methyl sites for hydroxylation is 1. The molecule has 8 nitrogen and oxygen atoms in total. The van der Waals surface area contributed by atoms with Crippen molar-refractivity contribution in [3.05, 3.63) is 68.6 Å². The fraction of sp³-hybridized carbons (Fsp3) is 0.167. The van der Waals surface area contributed by atoms with Gasteiger partial charge in [-0.3, -0.25) is 15.0 Å². The molecule has 1 amide bonds. The highest BCUT2D eigenvalue weighted by atomic mass is 35.5. The predicted molar refractivity (Wildman–Crippen MR) is 111 cm³/mol. The molecule has 0 unspecified atom stereocenters. The second-order valence-electron chi connectivity index (χ2n) is 6.09. The molecule has 0 aliphatic carbocycles. The molecule has 1 heterocycles. The summed E-state index contributed by atoms with van der Waals surface area (Å²) in [7, 11) is -4.14. The molecular weight excluding hydrogens is 439 g/mol. The van der Waals surface area contributed by atoms with Crippen molar-refractivity contribution in [3.8, 4) is 0 Å². The number of nitrogens with zero attached hydrogens (tertiary/aromatic N) is 2. The van der Waals surface area contributed by atoms with Crippen molar-refractivity contribution in [1.29, 1.82) is 0 Å². The van der Waals surface area contributed by atoms with Gasteiger partial charge in [-0.25, -0.2) is 13.1 Å². The van der Waals surface area contributed by atoms with E-state index in [1.165, 1.54) is 22.9 Å². The molecule has 0 fully saturated rings. The summed E-state index contributed by atoms with van der Waals surface area (Å²) in [6, 6.07) is 10.2. The number of benzene rings is 2. The Hall–Kier alpha value is -2.46. The van der Waals surface area contributed by atoms with Crippen molar-refractivity contribution in [3.63, 3.8) is 0 Å². The molecule has 3 rings (SSSR count). The first-order valence-corrected chi connectivity index (χ1v) is 10.7. The molecule has 1 aromatic heterocycles. The lowest BCUT2D eigenvalue weighted by atomic mass is 10.1. The van der Waals surface area contributed by atoms with E-state index in [0.717, 1.165) is 0 Å². The van der Waals surface area contributed by atoms with Crippen LogP contribution < -0.4 is 15.8 Å². The Morgan fingerprint density at radius 2 is 1.72 bits per heavy atom. The minimum absolute atomic E-state index is 0.0829. The lowest BCUT2D eigenvalue weighted by Gasteiger charge is -2.12. The highest BCUT2D eigenvalue weighted by Crippen LogP contribution is 2.22. The molecule has 29 heavy (non-hydrogen) atoms. The van der Waals surface area contributed by atoms with Crippen molar-refractivity contribution in [2.75, 3.05) is 0 Å². The molecule has 2 aromatic carbocycles. The third-order valence-corrected chi connectivity index (χ3v) is 5.63. The lowest BCUT2D eigenvalue weighted by Crippen LogP contribution is -2.42. The van der Waals surface area contributed by atoms with Crippen LogP contribution in [0.3, 0.4) is 0 Å². The predicted octanol–water partition coefficient (Wildman–Crippen LogP) is 2.74. The highest BCUT2D eigenvalue weighted by molar-refractivity contribution is 7.89. The molecule has 152 valence electrons. The number of hydrogen-bond acceptors (Lipinski definition) is 5. The maximum atomic E-state index is 12.7. The number of nitrogens with one attached hydrogen (secondary N) is 2. The zero-order chi connectivity index (χ0) is 21.2. The summed E-state index contributed by atoms with van der Waals surface area (Å²) in [5.41, 5.74) is 1.71. The maximum Gasteiger partial charge on any atom is 0.287 e. The van der Waals surface area contributed by atoms with E-state index < -0.39 is 15.9 Å². The van der Waals surface area contributed by atoms with Crippen LogP contribution in [0.4, 0.5) is 0 Å². The molecule has 0 radical (unpaired) electrons. The molecule has 0 saturated heterocycles. The first-order valence-electron chi connectivity index (χ1n) is 8.51. The van der Waals surface area contributed by atoms with Crippen LogP contribution in [0, 0.1) is 0 Å². The van der Waals surface area contributed by atoms with Gasteiger partial charge in [-0.05, 0) is 30.7 Å². The Morgan fingerprint density at radius 1 is 1.10 bits per heavy atom. The molecule has 0 bridgehead atoms. The standard InChI is InChI=1S/C18H16Cl2N4O4S/c1-2-7-24-18(26)15-6-4-3-5-14(15)16(22-24)17(25)21-23-29(27,28)13-9-11(19)8-12(20)10-13/h3-6,8-10,23H,2,7H2,1H3,(H,21,25). The molecule has 0 spiro atoms. The van der Waals surface area contributed by atoms with Crippen molar-refractivity contribution in [1.82, 2.24) is 20.0 Å². The summed E-state index contributed by atoms with van der Waals surface area (Å²) in [6.45, 7) is 2.18. The Kier molecular flexibility index (Phi) is 6.23. The number of carbonyl (C=O) groups is 1. The van der Waals surface area contributed by atoms with E-state index in [4.69, 9.17) is 23.2 Å². The number of hydrogen-bond donors (Lipinski definition) is 2. The van der Waals surface area contributed by atoms with Crippen molar-refractivity contribution >= 4 is 49.9 Å². The van der Waals surface area contributed by atoms with E-state index in [2.05, 4.69) is 10.5 Å². The number of hydrazine groups is 1. The van der Waals surface area contributed by atoms with Gasteiger partial charge >= 0.3 is 0 Å². The molecule has 0 saturated carbocycles. The number of halogens is 2. The van der Waals surface area contributed by atoms with E-state index in [-0.39, 0.29) is 26.2 Å². The van der Waals surface area contributed by atoms with Crippen LogP contribution >= 0.6 is 23.2 Å². The highest BCUT2D eigenvalue weighted by Gasteiger charge is 2.20. The Balaban J connectivity index is 1.94. The minimum Gasteiger partial charge on any atom is -0.272 e. The van der Waals surface area contributed by atoms with Crippen LogP contribution in [0.5, 0.6) is 0 Å². The third kappa shape index (κ3) is 4.59. The lowest BCUT2D eigenvalue weighted by molar-refractivity contribution is 0.0939. The fourth-order valence-electron chi connectivity index (χ4n) is 2.68. The van der Waals surface area contributed by atoms with Gasteiger partial charge in [0.1, 0.15) is 0 Å². The SMILES string of the molecule is CCCn1nc(C(=O)NNS(=O)(=O)c2cc(Cl)cc(Cl)c2)c2ccccc2c1=O. The first kappa shape index (κ1) is 21.3. The van der Waals surface area contributed by atoms with Gasteiger partial charge in [0.25, 0.3) is 21.5 Å². The average Bonchev–Trinajstić information content (AvgIpc) is 2.68. The molecule has 3 aromatic rings. The summed E-state index contributed by atoms with van der Waals surface area (Å²) in [6.07, 6.45) is 0.633. The second kappa shape index (κ2) is 8.50. The van der Waals surface area contributed by atoms with Crippen LogP contribution in [-0.4, -0.2) is 24.1 Å². The quantitative estimate of drug-likeness (QED) is 0.556. The van der Waals surface area contributed by atoms with E-state index in [1.807, 2.05) is 11.8 Å². The minimum atomic E-state index is -4.14. The monoisotopic (exact) mass is 454 g/mol. The molecular formula is C18H16Cl2N4O4S. The van der Waals surface area contributed by atoms with Gasteiger partial charge in [0.05, 0.1) is 10.3 Å². The number of fused-ring (bicyclic) bond motifs is 1. The summed E-state index contributed by atoms with van der Waals surface area (Å²) in [5, 5.41) is 4.99.